The number of anilines is 2. The van der Waals surface area contributed by atoms with Crippen molar-refractivity contribution in [3.8, 4) is 11.3 Å². The lowest BCUT2D eigenvalue weighted by atomic mass is 9.94. The lowest BCUT2D eigenvalue weighted by molar-refractivity contribution is -0.880. The number of piperidine rings is 2. The van der Waals surface area contributed by atoms with Gasteiger partial charge in [0.15, 0.2) is 11.5 Å². The van der Waals surface area contributed by atoms with Gasteiger partial charge in [0.1, 0.15) is 6.33 Å². The van der Waals surface area contributed by atoms with Crippen LogP contribution in [-0.2, 0) is 0 Å². The zero-order valence-corrected chi connectivity index (χ0v) is 19.7. The molecule has 2 fully saturated rings. The number of H-pyrrole nitrogens is 1. The average Bonchev–Trinajstić information content (AvgIpc) is 3.63. The van der Waals surface area contributed by atoms with Crippen molar-refractivity contribution in [1.29, 1.82) is 0 Å². The molecule has 0 radical (unpaired) electrons. The number of amides is 1. The Hall–Kier alpha value is -3.63. The van der Waals surface area contributed by atoms with Gasteiger partial charge in [-0.25, -0.2) is 19.3 Å². The van der Waals surface area contributed by atoms with Crippen LogP contribution in [0.3, 0.4) is 0 Å². The second kappa shape index (κ2) is 9.20. The first-order valence-electron chi connectivity index (χ1n) is 12.4. The fourth-order valence-electron chi connectivity index (χ4n) is 5.69. The SMILES string of the molecule is O=C(c1ccc(Nc2ncc(-c3cn[nH]c3)n3ncnc23)cc1)[N+]1(C2CCNCC2)CCCCC1. The summed E-state index contributed by atoms with van der Waals surface area (Å²) in [7, 11) is 0. The van der Waals surface area contributed by atoms with Gasteiger partial charge in [0.05, 0.1) is 42.8 Å². The molecule has 3 N–H and O–H groups in total. The number of benzene rings is 1. The van der Waals surface area contributed by atoms with E-state index in [0.29, 0.717) is 22.0 Å². The molecule has 0 aliphatic carbocycles. The van der Waals surface area contributed by atoms with E-state index >= 15 is 0 Å². The summed E-state index contributed by atoms with van der Waals surface area (Å²) < 4.78 is 2.35. The van der Waals surface area contributed by atoms with E-state index in [0.717, 1.165) is 74.4 Å². The topological polar surface area (TPSA) is 113 Å². The Morgan fingerprint density at radius 3 is 2.57 bits per heavy atom. The summed E-state index contributed by atoms with van der Waals surface area (Å²) in [5.41, 5.74) is 3.93. The molecular formula is C25H30N9O+. The smallest absolute Gasteiger partial charge is 0.337 e. The number of quaternary nitrogens is 1. The van der Waals surface area contributed by atoms with Crippen LogP contribution in [-0.4, -0.2) is 72.4 Å². The monoisotopic (exact) mass is 472 g/mol. The number of rotatable bonds is 5. The highest BCUT2D eigenvalue weighted by Gasteiger charge is 2.45. The van der Waals surface area contributed by atoms with Crippen LogP contribution < -0.4 is 10.6 Å². The minimum absolute atomic E-state index is 0.269. The number of hydrogen-bond acceptors (Lipinski definition) is 7. The summed E-state index contributed by atoms with van der Waals surface area (Å²) in [5, 5.41) is 18.0. The maximum absolute atomic E-state index is 13.9. The molecule has 0 spiro atoms. The van der Waals surface area contributed by atoms with Gasteiger partial charge in [0.2, 0.25) is 0 Å². The maximum atomic E-state index is 13.9. The van der Waals surface area contributed by atoms with Crippen molar-refractivity contribution in [1.82, 2.24) is 35.1 Å². The molecule has 2 aliphatic heterocycles. The molecule has 3 aromatic heterocycles. The molecule has 1 amide bonds. The number of likely N-dealkylation sites (tertiary alicyclic amines) is 1. The second-order valence-electron chi connectivity index (χ2n) is 9.51. The molecule has 0 unspecified atom stereocenters. The number of aromatic nitrogens is 6. The van der Waals surface area contributed by atoms with Gasteiger partial charge in [-0.1, -0.05) is 0 Å². The minimum atomic E-state index is 0.269. The molecule has 2 aliphatic rings. The first-order valence-corrected chi connectivity index (χ1v) is 12.4. The van der Waals surface area contributed by atoms with Gasteiger partial charge in [-0.3, -0.25) is 9.58 Å². The first-order chi connectivity index (χ1) is 17.2. The van der Waals surface area contributed by atoms with Gasteiger partial charge in [-0.15, -0.1) is 0 Å². The minimum Gasteiger partial charge on any atom is -0.337 e. The largest absolute Gasteiger partial charge is 0.346 e. The number of carbonyl (C=O) groups excluding carboxylic acids is 1. The molecule has 0 saturated carbocycles. The summed E-state index contributed by atoms with van der Waals surface area (Å²) in [4.78, 5) is 22.8. The zero-order chi connectivity index (χ0) is 23.7. The molecule has 10 heteroatoms. The Labute approximate surface area is 203 Å². The number of carbonyl (C=O) groups is 1. The third kappa shape index (κ3) is 3.98. The van der Waals surface area contributed by atoms with E-state index < -0.39 is 0 Å². The lowest BCUT2D eigenvalue weighted by Gasteiger charge is -2.46. The molecule has 2 saturated heterocycles. The Morgan fingerprint density at radius 2 is 1.83 bits per heavy atom. The highest BCUT2D eigenvalue weighted by molar-refractivity contribution is 5.90. The van der Waals surface area contributed by atoms with Crippen molar-refractivity contribution in [2.75, 3.05) is 31.5 Å². The average molecular weight is 473 g/mol. The molecular weight excluding hydrogens is 442 g/mol. The Bertz CT molecular complexity index is 1300. The number of aromatic amines is 1. The van der Waals surface area contributed by atoms with Crippen LogP contribution in [0.4, 0.5) is 11.5 Å². The maximum Gasteiger partial charge on any atom is 0.346 e. The first kappa shape index (κ1) is 21.9. The Balaban J connectivity index is 1.25. The zero-order valence-electron chi connectivity index (χ0n) is 19.7. The van der Waals surface area contributed by atoms with E-state index in [4.69, 9.17) is 0 Å². The van der Waals surface area contributed by atoms with Crippen molar-refractivity contribution in [2.24, 2.45) is 0 Å². The van der Waals surface area contributed by atoms with Gasteiger partial charge in [-0.2, -0.15) is 10.2 Å². The predicted octanol–water partition coefficient (Wildman–Crippen LogP) is 3.15. The fourth-order valence-corrected chi connectivity index (χ4v) is 5.69. The van der Waals surface area contributed by atoms with Gasteiger partial charge in [-0.05, 0) is 43.5 Å². The van der Waals surface area contributed by atoms with Crippen LogP contribution in [0.25, 0.3) is 16.9 Å². The highest BCUT2D eigenvalue weighted by Crippen LogP contribution is 2.31. The summed E-state index contributed by atoms with van der Waals surface area (Å²) in [6.07, 6.45) is 12.4. The van der Waals surface area contributed by atoms with Crippen molar-refractivity contribution in [2.45, 2.75) is 38.1 Å². The molecule has 35 heavy (non-hydrogen) atoms. The van der Waals surface area contributed by atoms with Gasteiger partial charge in [0.25, 0.3) is 0 Å². The van der Waals surface area contributed by atoms with E-state index in [1.807, 2.05) is 24.3 Å². The summed E-state index contributed by atoms with van der Waals surface area (Å²) in [6, 6.07) is 8.21. The van der Waals surface area contributed by atoms with Crippen LogP contribution in [0.1, 0.15) is 42.5 Å². The molecule has 0 atom stereocenters. The number of hydrogen-bond donors (Lipinski definition) is 3. The van der Waals surface area contributed by atoms with E-state index in [9.17, 15) is 4.79 Å². The predicted molar refractivity (Wildman–Crippen MR) is 132 cm³/mol. The van der Waals surface area contributed by atoms with Gasteiger partial charge in [0, 0.05) is 43.4 Å². The van der Waals surface area contributed by atoms with E-state index in [1.165, 1.54) is 12.7 Å². The standard InChI is InChI=1S/C25H29N9O/c35-25(34(12-2-1-3-13-34)21-8-10-26-11-9-21)18-4-6-20(7-5-18)32-23-24-28-17-31-33(24)22(16-27-23)19-14-29-30-15-19/h4-7,14-17,21,26H,1-3,8-13H2,(H-,27,28,29,30,31,32,35)/p+1. The van der Waals surface area contributed by atoms with Gasteiger partial charge < -0.3 is 10.6 Å². The molecule has 4 aromatic rings. The van der Waals surface area contributed by atoms with E-state index in [1.54, 1.807) is 23.1 Å². The molecule has 6 rings (SSSR count). The molecule has 180 valence electrons. The van der Waals surface area contributed by atoms with Crippen molar-refractivity contribution in [3.05, 3.63) is 54.7 Å². The summed E-state index contributed by atoms with van der Waals surface area (Å²) in [6.45, 7) is 3.93. The fraction of sp³-hybridized carbons (Fsp3) is 0.400. The molecule has 5 heterocycles. The number of nitrogens with one attached hydrogen (secondary N) is 3. The molecule has 10 nitrogen and oxygen atoms in total. The Kier molecular flexibility index (Phi) is 5.75. The third-order valence-electron chi connectivity index (χ3n) is 7.52. The lowest BCUT2D eigenvalue weighted by Crippen LogP contribution is -2.63. The van der Waals surface area contributed by atoms with E-state index in [2.05, 4.69) is 35.9 Å². The van der Waals surface area contributed by atoms with Crippen LogP contribution in [0.5, 0.6) is 0 Å². The van der Waals surface area contributed by atoms with Crippen molar-refractivity contribution < 1.29 is 9.28 Å². The van der Waals surface area contributed by atoms with Crippen LogP contribution in [0.15, 0.2) is 49.2 Å². The summed E-state index contributed by atoms with van der Waals surface area (Å²) >= 11 is 0. The molecule has 0 bridgehead atoms. The van der Waals surface area contributed by atoms with Crippen molar-refractivity contribution in [3.63, 3.8) is 0 Å². The van der Waals surface area contributed by atoms with E-state index in [-0.39, 0.29) is 5.91 Å². The number of fused-ring (bicyclic) bond motifs is 1. The van der Waals surface area contributed by atoms with Crippen molar-refractivity contribution >= 4 is 23.1 Å². The van der Waals surface area contributed by atoms with Crippen LogP contribution in [0.2, 0.25) is 0 Å². The second-order valence-corrected chi connectivity index (χ2v) is 9.51. The van der Waals surface area contributed by atoms with Crippen LogP contribution in [0, 0.1) is 0 Å². The number of nitrogens with zero attached hydrogens (tertiary/aromatic N) is 6. The summed E-state index contributed by atoms with van der Waals surface area (Å²) in [5.74, 6) is 0.869. The van der Waals surface area contributed by atoms with Gasteiger partial charge >= 0.3 is 5.91 Å². The highest BCUT2D eigenvalue weighted by atomic mass is 16.2. The third-order valence-corrected chi connectivity index (χ3v) is 7.52. The normalized spacial score (nSPS) is 18.5. The Morgan fingerprint density at radius 1 is 1.03 bits per heavy atom. The molecule has 1 aromatic carbocycles. The quantitative estimate of drug-likeness (QED) is 0.383. The van der Waals surface area contributed by atoms with Crippen LogP contribution >= 0.6 is 0 Å².